The fraction of sp³-hybridized carbons (Fsp3) is 0.444. The number of hydrogen-bond acceptors (Lipinski definition) is 1. The van der Waals surface area contributed by atoms with Crippen LogP contribution in [0.25, 0.3) is 0 Å². The summed E-state index contributed by atoms with van der Waals surface area (Å²) >= 11 is 0. The Hall–Kier alpha value is -1.25. The van der Waals surface area contributed by atoms with Gasteiger partial charge in [0.25, 0.3) is 0 Å². The molecule has 0 aromatic carbocycles. The zero-order valence-electron chi connectivity index (χ0n) is 7.42. The molecule has 66 valence electrons. The molecule has 0 unspecified atom stereocenters. The zero-order valence-corrected chi connectivity index (χ0v) is 7.42. The molecule has 1 amide bonds. The van der Waals surface area contributed by atoms with Crippen molar-refractivity contribution < 1.29 is 4.79 Å². The summed E-state index contributed by atoms with van der Waals surface area (Å²) in [5.41, 5.74) is 1.10. The van der Waals surface area contributed by atoms with Gasteiger partial charge in [-0.15, -0.1) is 0 Å². The van der Waals surface area contributed by atoms with Gasteiger partial charge >= 0.3 is 0 Å². The number of aromatic amines is 1. The van der Waals surface area contributed by atoms with E-state index in [9.17, 15) is 4.79 Å². The van der Waals surface area contributed by atoms with Crippen LogP contribution in [0.3, 0.4) is 0 Å². The smallest absolute Gasteiger partial charge is 0.222 e. The van der Waals surface area contributed by atoms with Crippen molar-refractivity contribution in [3.63, 3.8) is 0 Å². The standard InChI is InChI=1S/C9H14N2O/c1-7(2)9(12)11-6-8-3-4-10-5-8/h3-5,7,10H,6H2,1-2H3,(H,11,12). The molecule has 0 radical (unpaired) electrons. The van der Waals surface area contributed by atoms with Crippen molar-refractivity contribution in [3.05, 3.63) is 24.0 Å². The third-order valence-corrected chi connectivity index (χ3v) is 1.65. The predicted molar refractivity (Wildman–Crippen MR) is 47.5 cm³/mol. The second-order valence-electron chi connectivity index (χ2n) is 3.09. The van der Waals surface area contributed by atoms with Crippen molar-refractivity contribution in [2.45, 2.75) is 20.4 Å². The first-order valence-corrected chi connectivity index (χ1v) is 4.09. The lowest BCUT2D eigenvalue weighted by molar-refractivity contribution is -0.124. The lowest BCUT2D eigenvalue weighted by Crippen LogP contribution is -2.26. The summed E-state index contributed by atoms with van der Waals surface area (Å²) < 4.78 is 0. The lowest BCUT2D eigenvalue weighted by atomic mass is 10.2. The van der Waals surface area contributed by atoms with E-state index in [-0.39, 0.29) is 11.8 Å². The maximum absolute atomic E-state index is 11.1. The molecule has 0 bridgehead atoms. The zero-order chi connectivity index (χ0) is 8.97. The molecule has 0 atom stereocenters. The Labute approximate surface area is 72.2 Å². The number of carbonyl (C=O) groups excluding carboxylic acids is 1. The van der Waals surface area contributed by atoms with Crippen LogP contribution in [-0.2, 0) is 11.3 Å². The summed E-state index contributed by atoms with van der Waals surface area (Å²) in [6.45, 7) is 4.37. The van der Waals surface area contributed by atoms with Crippen LogP contribution in [0, 0.1) is 5.92 Å². The summed E-state index contributed by atoms with van der Waals surface area (Å²) in [7, 11) is 0. The van der Waals surface area contributed by atoms with Gasteiger partial charge < -0.3 is 10.3 Å². The molecule has 0 fully saturated rings. The van der Waals surface area contributed by atoms with Gasteiger partial charge in [-0.3, -0.25) is 4.79 Å². The van der Waals surface area contributed by atoms with E-state index in [4.69, 9.17) is 0 Å². The van der Waals surface area contributed by atoms with Gasteiger partial charge in [-0.1, -0.05) is 13.8 Å². The molecular weight excluding hydrogens is 152 g/mol. The van der Waals surface area contributed by atoms with E-state index < -0.39 is 0 Å². The minimum absolute atomic E-state index is 0.0592. The van der Waals surface area contributed by atoms with Crippen LogP contribution in [0.4, 0.5) is 0 Å². The number of H-pyrrole nitrogens is 1. The van der Waals surface area contributed by atoms with Crippen LogP contribution in [-0.4, -0.2) is 10.9 Å². The molecular formula is C9H14N2O. The molecule has 0 aliphatic heterocycles. The van der Waals surface area contributed by atoms with Crippen molar-refractivity contribution in [1.29, 1.82) is 0 Å². The Morgan fingerprint density at radius 1 is 1.67 bits per heavy atom. The molecule has 0 spiro atoms. The number of carbonyl (C=O) groups is 1. The largest absolute Gasteiger partial charge is 0.367 e. The van der Waals surface area contributed by atoms with Crippen molar-refractivity contribution >= 4 is 5.91 Å². The molecule has 12 heavy (non-hydrogen) atoms. The van der Waals surface area contributed by atoms with Crippen LogP contribution >= 0.6 is 0 Å². The first kappa shape index (κ1) is 8.84. The van der Waals surface area contributed by atoms with E-state index in [1.807, 2.05) is 32.3 Å². The van der Waals surface area contributed by atoms with Crippen molar-refractivity contribution in [2.24, 2.45) is 5.92 Å². The average molecular weight is 166 g/mol. The molecule has 0 aliphatic rings. The molecule has 1 rings (SSSR count). The van der Waals surface area contributed by atoms with Gasteiger partial charge in [-0.2, -0.15) is 0 Å². The van der Waals surface area contributed by atoms with Crippen molar-refractivity contribution in [1.82, 2.24) is 10.3 Å². The van der Waals surface area contributed by atoms with Gasteiger partial charge in [0.2, 0.25) is 5.91 Å². The van der Waals surface area contributed by atoms with Gasteiger partial charge in [0.15, 0.2) is 0 Å². The summed E-state index contributed by atoms with van der Waals surface area (Å²) in [6, 6.07) is 1.95. The molecule has 0 saturated carbocycles. The Balaban J connectivity index is 2.32. The fourth-order valence-corrected chi connectivity index (χ4v) is 0.862. The average Bonchev–Trinajstić information content (AvgIpc) is 2.51. The highest BCUT2D eigenvalue weighted by molar-refractivity contribution is 5.77. The minimum atomic E-state index is 0.0592. The fourth-order valence-electron chi connectivity index (χ4n) is 0.862. The summed E-state index contributed by atoms with van der Waals surface area (Å²) in [4.78, 5) is 14.0. The van der Waals surface area contributed by atoms with Gasteiger partial charge in [0.05, 0.1) is 0 Å². The Kier molecular flexibility index (Phi) is 2.91. The number of aromatic nitrogens is 1. The topological polar surface area (TPSA) is 44.9 Å². The maximum atomic E-state index is 11.1. The highest BCUT2D eigenvalue weighted by atomic mass is 16.1. The summed E-state index contributed by atoms with van der Waals surface area (Å²) in [6.07, 6.45) is 3.72. The number of nitrogens with one attached hydrogen (secondary N) is 2. The minimum Gasteiger partial charge on any atom is -0.367 e. The van der Waals surface area contributed by atoms with Crippen LogP contribution in [0.2, 0.25) is 0 Å². The van der Waals surface area contributed by atoms with E-state index in [2.05, 4.69) is 10.3 Å². The van der Waals surface area contributed by atoms with Crippen LogP contribution in [0.5, 0.6) is 0 Å². The Bertz CT molecular complexity index is 239. The van der Waals surface area contributed by atoms with E-state index in [1.165, 1.54) is 0 Å². The molecule has 3 nitrogen and oxygen atoms in total. The molecule has 1 heterocycles. The molecule has 1 aromatic heterocycles. The molecule has 1 aromatic rings. The molecule has 2 N–H and O–H groups in total. The summed E-state index contributed by atoms with van der Waals surface area (Å²) in [5, 5.41) is 2.83. The van der Waals surface area contributed by atoms with Crippen LogP contribution < -0.4 is 5.32 Å². The van der Waals surface area contributed by atoms with Crippen molar-refractivity contribution in [2.75, 3.05) is 0 Å². The van der Waals surface area contributed by atoms with Gasteiger partial charge in [-0.25, -0.2) is 0 Å². The second-order valence-corrected chi connectivity index (χ2v) is 3.09. The summed E-state index contributed by atoms with van der Waals surface area (Å²) in [5.74, 6) is 0.153. The highest BCUT2D eigenvalue weighted by Crippen LogP contribution is 1.97. The molecule has 0 saturated heterocycles. The van der Waals surface area contributed by atoms with Crippen LogP contribution in [0.1, 0.15) is 19.4 Å². The molecule has 3 heteroatoms. The normalized spacial score (nSPS) is 10.2. The maximum Gasteiger partial charge on any atom is 0.222 e. The third kappa shape index (κ3) is 2.42. The first-order valence-electron chi connectivity index (χ1n) is 4.09. The van der Waals surface area contributed by atoms with E-state index in [0.717, 1.165) is 5.56 Å². The monoisotopic (exact) mass is 166 g/mol. The van der Waals surface area contributed by atoms with Gasteiger partial charge in [0.1, 0.15) is 0 Å². The molecule has 0 aliphatic carbocycles. The van der Waals surface area contributed by atoms with Gasteiger partial charge in [0, 0.05) is 24.9 Å². The highest BCUT2D eigenvalue weighted by Gasteiger charge is 2.05. The van der Waals surface area contributed by atoms with Gasteiger partial charge in [-0.05, 0) is 11.6 Å². The number of rotatable bonds is 3. The van der Waals surface area contributed by atoms with Crippen molar-refractivity contribution in [3.8, 4) is 0 Å². The van der Waals surface area contributed by atoms with E-state index in [1.54, 1.807) is 0 Å². The Morgan fingerprint density at radius 2 is 2.42 bits per heavy atom. The Morgan fingerprint density at radius 3 is 2.92 bits per heavy atom. The SMILES string of the molecule is CC(C)C(=O)NCc1cc[nH]c1. The second kappa shape index (κ2) is 3.95. The predicted octanol–water partition coefficient (Wildman–Crippen LogP) is 1.29. The number of hydrogen-bond donors (Lipinski definition) is 2. The van der Waals surface area contributed by atoms with E-state index >= 15 is 0 Å². The van der Waals surface area contributed by atoms with E-state index in [0.29, 0.717) is 6.54 Å². The van der Waals surface area contributed by atoms with Crippen LogP contribution in [0.15, 0.2) is 18.5 Å². The third-order valence-electron chi connectivity index (χ3n) is 1.65. The quantitative estimate of drug-likeness (QED) is 0.698. The first-order chi connectivity index (χ1) is 5.70. The number of amides is 1. The lowest BCUT2D eigenvalue weighted by Gasteiger charge is -2.05.